The number of carbonyl (C=O) groups excluding carboxylic acids is 1. The molecule has 0 radical (unpaired) electrons. The van der Waals surface area contributed by atoms with Crippen LogP contribution in [0.25, 0.3) is 0 Å². The second-order valence-corrected chi connectivity index (χ2v) is 8.40. The standard InChI is InChI=1S/C19H35N5O/c1-15(2)19(3,14-20)21-18(25)13-23(5)17-8-11-24(12-17)16-6-9-22(4)10-7-16/h15-17H,6-13H2,1-5H3,(H,21,25)/t17-,19-/m0/s1. The predicted octanol–water partition coefficient (Wildman–Crippen LogP) is 1.14. The fraction of sp³-hybridized carbons (Fsp3) is 0.895. The van der Waals surface area contributed by atoms with E-state index in [1.54, 1.807) is 6.92 Å². The van der Waals surface area contributed by atoms with Gasteiger partial charge in [-0.05, 0) is 59.3 Å². The van der Waals surface area contributed by atoms with Crippen molar-refractivity contribution in [1.29, 1.82) is 5.26 Å². The highest BCUT2D eigenvalue weighted by atomic mass is 16.2. The number of hydrogen-bond acceptors (Lipinski definition) is 5. The third kappa shape index (κ3) is 5.16. The van der Waals surface area contributed by atoms with Gasteiger partial charge >= 0.3 is 0 Å². The summed E-state index contributed by atoms with van der Waals surface area (Å²) in [6, 6.07) is 3.37. The molecule has 2 heterocycles. The van der Waals surface area contributed by atoms with Crippen LogP contribution in [-0.2, 0) is 4.79 Å². The van der Waals surface area contributed by atoms with Gasteiger partial charge in [-0.15, -0.1) is 0 Å². The van der Waals surface area contributed by atoms with Gasteiger partial charge in [-0.25, -0.2) is 0 Å². The van der Waals surface area contributed by atoms with Crippen LogP contribution in [0.15, 0.2) is 0 Å². The van der Waals surface area contributed by atoms with Crippen LogP contribution >= 0.6 is 0 Å². The van der Waals surface area contributed by atoms with Crippen molar-refractivity contribution < 1.29 is 4.79 Å². The zero-order valence-electron chi connectivity index (χ0n) is 16.6. The van der Waals surface area contributed by atoms with Crippen LogP contribution in [0.4, 0.5) is 0 Å². The van der Waals surface area contributed by atoms with Gasteiger partial charge in [0.1, 0.15) is 5.54 Å². The summed E-state index contributed by atoms with van der Waals surface area (Å²) in [5.41, 5.74) is -0.798. The molecule has 2 fully saturated rings. The summed E-state index contributed by atoms with van der Waals surface area (Å²) in [4.78, 5) is 19.6. The normalized spacial score (nSPS) is 25.9. The van der Waals surface area contributed by atoms with Crippen molar-refractivity contribution in [1.82, 2.24) is 20.0 Å². The molecule has 6 heteroatoms. The lowest BCUT2D eigenvalue weighted by molar-refractivity contribution is -0.124. The number of nitrogens with zero attached hydrogens (tertiary/aromatic N) is 4. The van der Waals surface area contributed by atoms with E-state index in [0.29, 0.717) is 18.6 Å². The molecule has 0 spiro atoms. The van der Waals surface area contributed by atoms with Gasteiger partial charge < -0.3 is 10.2 Å². The Kier molecular flexibility index (Phi) is 6.84. The Morgan fingerprint density at radius 2 is 1.96 bits per heavy atom. The minimum atomic E-state index is -0.798. The maximum absolute atomic E-state index is 12.4. The predicted molar refractivity (Wildman–Crippen MR) is 100 cm³/mol. The van der Waals surface area contributed by atoms with Crippen molar-refractivity contribution in [3.8, 4) is 6.07 Å². The maximum atomic E-state index is 12.4. The Morgan fingerprint density at radius 3 is 2.52 bits per heavy atom. The first-order chi connectivity index (χ1) is 11.7. The first kappa shape index (κ1) is 20.2. The molecular weight excluding hydrogens is 314 g/mol. The molecule has 0 unspecified atom stereocenters. The second kappa shape index (κ2) is 8.48. The highest BCUT2D eigenvalue weighted by molar-refractivity contribution is 5.79. The molecule has 2 aliphatic rings. The molecule has 0 saturated carbocycles. The number of likely N-dealkylation sites (tertiary alicyclic amines) is 2. The molecule has 2 aliphatic heterocycles. The van der Waals surface area contributed by atoms with Crippen molar-refractivity contribution in [2.75, 3.05) is 46.8 Å². The zero-order valence-corrected chi connectivity index (χ0v) is 16.6. The smallest absolute Gasteiger partial charge is 0.235 e. The quantitative estimate of drug-likeness (QED) is 0.779. The maximum Gasteiger partial charge on any atom is 0.235 e. The van der Waals surface area contributed by atoms with Gasteiger partial charge in [0.05, 0.1) is 12.6 Å². The van der Waals surface area contributed by atoms with Crippen molar-refractivity contribution >= 4 is 5.91 Å². The Labute approximate surface area is 153 Å². The number of nitriles is 1. The Balaban J connectivity index is 1.81. The van der Waals surface area contributed by atoms with Crippen LogP contribution in [0.1, 0.15) is 40.0 Å². The van der Waals surface area contributed by atoms with Crippen molar-refractivity contribution in [3.63, 3.8) is 0 Å². The van der Waals surface area contributed by atoms with Crippen molar-refractivity contribution in [3.05, 3.63) is 0 Å². The number of hydrogen-bond donors (Lipinski definition) is 1. The lowest BCUT2D eigenvalue weighted by Gasteiger charge is -2.35. The van der Waals surface area contributed by atoms with Crippen molar-refractivity contribution in [2.45, 2.75) is 57.7 Å². The van der Waals surface area contributed by atoms with E-state index in [0.717, 1.165) is 19.5 Å². The number of likely N-dealkylation sites (N-methyl/N-ethyl adjacent to an activating group) is 1. The molecule has 2 rings (SSSR count). The summed E-state index contributed by atoms with van der Waals surface area (Å²) in [5.74, 6) is 0.0242. The number of carbonyl (C=O) groups is 1. The van der Waals surface area contributed by atoms with Crippen LogP contribution in [0.2, 0.25) is 0 Å². The molecule has 0 bridgehead atoms. The van der Waals surface area contributed by atoms with Gasteiger partial charge in [-0.2, -0.15) is 5.26 Å². The Morgan fingerprint density at radius 1 is 1.32 bits per heavy atom. The Hall–Kier alpha value is -1.16. The van der Waals surface area contributed by atoms with Gasteiger partial charge in [0.25, 0.3) is 0 Å². The van der Waals surface area contributed by atoms with E-state index < -0.39 is 5.54 Å². The molecule has 2 saturated heterocycles. The zero-order chi connectivity index (χ0) is 18.6. The number of rotatable bonds is 6. The molecule has 1 amide bonds. The highest BCUT2D eigenvalue weighted by Gasteiger charge is 2.34. The SMILES string of the molecule is CC(C)[C@](C)(C#N)NC(=O)CN(C)[C@H]1CCN(C2CCN(C)CC2)C1. The van der Waals surface area contributed by atoms with Gasteiger partial charge in [-0.1, -0.05) is 13.8 Å². The van der Waals surface area contributed by atoms with Gasteiger partial charge in [0.15, 0.2) is 0 Å². The molecule has 142 valence electrons. The number of amides is 1. The average Bonchev–Trinajstić information content (AvgIpc) is 3.05. The lowest BCUT2D eigenvalue weighted by Crippen LogP contribution is -2.52. The van der Waals surface area contributed by atoms with E-state index in [9.17, 15) is 10.1 Å². The molecule has 0 aliphatic carbocycles. The van der Waals surface area contributed by atoms with Crippen LogP contribution in [0, 0.1) is 17.2 Å². The number of nitrogens with one attached hydrogen (secondary N) is 1. The lowest BCUT2D eigenvalue weighted by atomic mass is 9.90. The molecule has 6 nitrogen and oxygen atoms in total. The van der Waals surface area contributed by atoms with Crippen LogP contribution in [0.5, 0.6) is 0 Å². The molecule has 25 heavy (non-hydrogen) atoms. The van der Waals surface area contributed by atoms with Crippen molar-refractivity contribution in [2.24, 2.45) is 5.92 Å². The monoisotopic (exact) mass is 349 g/mol. The summed E-state index contributed by atoms with van der Waals surface area (Å²) in [6.45, 7) is 10.6. The summed E-state index contributed by atoms with van der Waals surface area (Å²) in [7, 11) is 4.23. The van der Waals surface area contributed by atoms with E-state index >= 15 is 0 Å². The fourth-order valence-electron chi connectivity index (χ4n) is 3.81. The van der Waals surface area contributed by atoms with E-state index in [1.165, 1.54) is 25.9 Å². The molecular formula is C19H35N5O. The topological polar surface area (TPSA) is 62.6 Å². The van der Waals surface area contributed by atoms with Gasteiger partial charge in [-0.3, -0.25) is 14.6 Å². The third-order valence-electron chi connectivity index (χ3n) is 6.20. The van der Waals surface area contributed by atoms with Crippen LogP contribution < -0.4 is 5.32 Å². The largest absolute Gasteiger partial charge is 0.337 e. The van der Waals surface area contributed by atoms with Gasteiger partial charge in [0.2, 0.25) is 5.91 Å². The Bertz CT molecular complexity index is 495. The molecule has 1 N–H and O–H groups in total. The van der Waals surface area contributed by atoms with Crippen LogP contribution in [-0.4, -0.2) is 85.0 Å². The minimum Gasteiger partial charge on any atom is -0.337 e. The van der Waals surface area contributed by atoms with E-state index in [-0.39, 0.29) is 11.8 Å². The summed E-state index contributed by atoms with van der Waals surface area (Å²) < 4.78 is 0. The highest BCUT2D eigenvalue weighted by Crippen LogP contribution is 2.23. The average molecular weight is 350 g/mol. The van der Waals surface area contributed by atoms with Gasteiger partial charge in [0, 0.05) is 25.2 Å². The fourth-order valence-corrected chi connectivity index (χ4v) is 3.81. The first-order valence-corrected chi connectivity index (χ1v) is 9.60. The molecule has 0 aromatic rings. The number of piperidine rings is 1. The molecule has 0 aromatic heterocycles. The van der Waals surface area contributed by atoms with E-state index in [4.69, 9.17) is 0 Å². The summed E-state index contributed by atoms with van der Waals surface area (Å²) in [6.07, 6.45) is 3.63. The summed E-state index contributed by atoms with van der Waals surface area (Å²) in [5, 5.41) is 12.3. The second-order valence-electron chi connectivity index (χ2n) is 8.40. The molecule has 2 atom stereocenters. The van der Waals surface area contributed by atoms with Crippen LogP contribution in [0.3, 0.4) is 0 Å². The minimum absolute atomic E-state index is 0.0574. The van der Waals surface area contributed by atoms with E-state index in [1.807, 2.05) is 20.9 Å². The third-order valence-corrected chi connectivity index (χ3v) is 6.20. The first-order valence-electron chi connectivity index (χ1n) is 9.60. The summed E-state index contributed by atoms with van der Waals surface area (Å²) >= 11 is 0. The molecule has 0 aromatic carbocycles. The van der Waals surface area contributed by atoms with E-state index in [2.05, 4.69) is 33.1 Å².